The van der Waals surface area contributed by atoms with Gasteiger partial charge in [-0.05, 0) is 25.0 Å². The number of halogens is 1. The smallest absolute Gasteiger partial charge is 0.211 e. The average molecular weight is 341 g/mol. The number of piperazine rings is 1. The summed E-state index contributed by atoms with van der Waals surface area (Å²) in [5.74, 6) is 0. The van der Waals surface area contributed by atoms with E-state index in [2.05, 4.69) is 15.1 Å². The molecule has 4 heterocycles. The summed E-state index contributed by atoms with van der Waals surface area (Å²) in [6.45, 7) is 1.26. The molecule has 1 aromatic carbocycles. The summed E-state index contributed by atoms with van der Waals surface area (Å²) in [4.78, 5) is 2.29. The molecule has 6 nitrogen and oxygen atoms in total. The Kier molecular flexibility index (Phi) is 3.15. The van der Waals surface area contributed by atoms with Crippen LogP contribution in [0.2, 0.25) is 5.02 Å². The van der Waals surface area contributed by atoms with Crippen molar-refractivity contribution in [3.63, 3.8) is 0 Å². The fraction of sp³-hybridized carbons (Fsp3) is 0.500. The van der Waals surface area contributed by atoms with E-state index in [1.165, 1.54) is 6.26 Å². The molecule has 1 N–H and O–H groups in total. The van der Waals surface area contributed by atoms with Gasteiger partial charge in [-0.1, -0.05) is 11.6 Å². The molecule has 0 radical (unpaired) electrons. The number of sulfonamides is 1. The highest BCUT2D eigenvalue weighted by atomic mass is 35.5. The molecular formula is C14H17ClN4O2S. The lowest BCUT2D eigenvalue weighted by Crippen LogP contribution is -2.63. The van der Waals surface area contributed by atoms with Crippen LogP contribution in [0.25, 0.3) is 10.9 Å². The highest BCUT2D eigenvalue weighted by Crippen LogP contribution is 2.38. The number of H-pyrrole nitrogens is 1. The highest BCUT2D eigenvalue weighted by molar-refractivity contribution is 7.88. The van der Waals surface area contributed by atoms with Crippen LogP contribution >= 0.6 is 11.6 Å². The number of benzene rings is 1. The van der Waals surface area contributed by atoms with Crippen LogP contribution in [0.1, 0.15) is 12.8 Å². The number of aromatic nitrogens is 2. The predicted octanol–water partition coefficient (Wildman–Crippen LogP) is 1.83. The number of nitrogens with zero attached hydrogens (tertiary/aromatic N) is 3. The van der Waals surface area contributed by atoms with Crippen molar-refractivity contribution in [2.24, 2.45) is 0 Å². The van der Waals surface area contributed by atoms with Crippen molar-refractivity contribution < 1.29 is 8.42 Å². The first kappa shape index (κ1) is 14.3. The van der Waals surface area contributed by atoms with Crippen molar-refractivity contribution in [1.29, 1.82) is 0 Å². The lowest BCUT2D eigenvalue weighted by molar-refractivity contribution is 0.181. The first-order valence-electron chi connectivity index (χ1n) is 7.29. The Hall–Kier alpha value is -1.31. The monoisotopic (exact) mass is 340 g/mol. The summed E-state index contributed by atoms with van der Waals surface area (Å²) < 4.78 is 25.5. The van der Waals surface area contributed by atoms with Gasteiger partial charge in [0.25, 0.3) is 0 Å². The maximum Gasteiger partial charge on any atom is 0.211 e. The number of rotatable bonds is 2. The Labute approximate surface area is 134 Å². The third kappa shape index (κ3) is 2.19. The largest absolute Gasteiger partial charge is 0.365 e. The van der Waals surface area contributed by atoms with E-state index in [1.54, 1.807) is 10.5 Å². The van der Waals surface area contributed by atoms with E-state index >= 15 is 0 Å². The molecule has 0 aliphatic carbocycles. The van der Waals surface area contributed by atoms with Crippen molar-refractivity contribution in [2.45, 2.75) is 24.9 Å². The molecule has 3 saturated heterocycles. The van der Waals surface area contributed by atoms with Gasteiger partial charge in [0.2, 0.25) is 10.0 Å². The van der Waals surface area contributed by atoms with E-state index < -0.39 is 10.0 Å². The molecule has 3 fully saturated rings. The van der Waals surface area contributed by atoms with Gasteiger partial charge in [0.05, 0.1) is 18.0 Å². The molecule has 0 spiro atoms. The molecule has 0 amide bonds. The Morgan fingerprint density at radius 2 is 2.05 bits per heavy atom. The molecule has 0 saturated carbocycles. The zero-order valence-corrected chi connectivity index (χ0v) is 13.7. The number of hydrogen-bond acceptors (Lipinski definition) is 4. The van der Waals surface area contributed by atoms with Crippen LogP contribution in [0.4, 0.5) is 5.69 Å². The third-order valence-corrected chi connectivity index (χ3v) is 6.23. The second-order valence-electron chi connectivity index (χ2n) is 6.13. The van der Waals surface area contributed by atoms with Crippen molar-refractivity contribution in [3.8, 4) is 0 Å². The van der Waals surface area contributed by atoms with Crippen LogP contribution in [0, 0.1) is 0 Å². The second-order valence-corrected chi connectivity index (χ2v) is 8.50. The summed E-state index contributed by atoms with van der Waals surface area (Å²) in [6, 6.07) is 4.04. The molecule has 2 atom stereocenters. The van der Waals surface area contributed by atoms with Gasteiger partial charge in [-0.2, -0.15) is 9.40 Å². The maximum absolute atomic E-state index is 11.9. The fourth-order valence-corrected chi connectivity index (χ4v) is 5.10. The molecule has 8 heteroatoms. The van der Waals surface area contributed by atoms with Gasteiger partial charge >= 0.3 is 0 Å². The molecule has 2 unspecified atom stereocenters. The third-order valence-electron chi connectivity index (χ3n) is 4.72. The zero-order chi connectivity index (χ0) is 15.5. The van der Waals surface area contributed by atoms with Crippen molar-refractivity contribution in [3.05, 3.63) is 23.4 Å². The minimum Gasteiger partial charge on any atom is -0.365 e. The van der Waals surface area contributed by atoms with Crippen LogP contribution < -0.4 is 4.90 Å². The van der Waals surface area contributed by atoms with Gasteiger partial charge < -0.3 is 4.90 Å². The highest BCUT2D eigenvalue weighted by Gasteiger charge is 2.43. The number of aromatic amines is 1. The van der Waals surface area contributed by atoms with Crippen molar-refractivity contribution >= 4 is 38.2 Å². The van der Waals surface area contributed by atoms with Gasteiger partial charge in [0.1, 0.15) is 0 Å². The summed E-state index contributed by atoms with van der Waals surface area (Å²) in [5.41, 5.74) is 1.95. The minimum absolute atomic E-state index is 0.0425. The second kappa shape index (κ2) is 4.84. The van der Waals surface area contributed by atoms with Crippen LogP contribution in [-0.2, 0) is 10.0 Å². The Morgan fingerprint density at radius 1 is 1.27 bits per heavy atom. The van der Waals surface area contributed by atoms with Crippen LogP contribution in [-0.4, -0.2) is 54.3 Å². The van der Waals surface area contributed by atoms with Crippen molar-refractivity contribution in [2.75, 3.05) is 24.2 Å². The lowest BCUT2D eigenvalue weighted by Gasteiger charge is -2.51. The number of anilines is 1. The number of fused-ring (bicyclic) bond motifs is 4. The number of hydrogen-bond donors (Lipinski definition) is 1. The summed E-state index contributed by atoms with van der Waals surface area (Å²) >= 11 is 6.22. The molecule has 2 aromatic rings. The van der Waals surface area contributed by atoms with Crippen LogP contribution in [0.5, 0.6) is 0 Å². The molecule has 3 aliphatic rings. The van der Waals surface area contributed by atoms with E-state index in [4.69, 9.17) is 11.6 Å². The molecular weight excluding hydrogens is 324 g/mol. The van der Waals surface area contributed by atoms with E-state index in [0.717, 1.165) is 29.4 Å². The van der Waals surface area contributed by atoms with Crippen LogP contribution in [0.3, 0.4) is 0 Å². The quantitative estimate of drug-likeness (QED) is 0.905. The van der Waals surface area contributed by atoms with E-state index in [9.17, 15) is 8.42 Å². The zero-order valence-electron chi connectivity index (χ0n) is 12.2. The molecule has 3 aliphatic heterocycles. The SMILES string of the molecule is CS(=O)(=O)N1CC2CCC1CN2c1cc(Cl)cc2[nH]ncc12. The molecule has 118 valence electrons. The Balaban J connectivity index is 1.74. The van der Waals surface area contributed by atoms with Crippen molar-refractivity contribution in [1.82, 2.24) is 14.5 Å². The summed E-state index contributed by atoms with van der Waals surface area (Å²) in [5, 5.41) is 8.74. The fourth-order valence-electron chi connectivity index (χ4n) is 3.73. The molecule has 22 heavy (non-hydrogen) atoms. The minimum atomic E-state index is -3.14. The maximum atomic E-state index is 11.9. The van der Waals surface area contributed by atoms with Gasteiger partial charge in [0.15, 0.2) is 0 Å². The first-order valence-corrected chi connectivity index (χ1v) is 9.52. The number of nitrogens with one attached hydrogen (secondary N) is 1. The summed E-state index contributed by atoms with van der Waals surface area (Å²) in [7, 11) is -3.14. The normalized spacial score (nSPS) is 26.0. The standard InChI is InChI=1S/C14H17ClN4O2S/c1-22(20,21)19-8-10-2-3-11(19)7-18(10)14-5-9(15)4-13-12(14)6-16-17-13/h4-6,10-11H,2-3,7-8H2,1H3,(H,16,17). The van der Waals surface area contributed by atoms with Gasteiger partial charge in [-0.3, -0.25) is 5.10 Å². The molecule has 2 bridgehead atoms. The number of piperidine rings is 2. The molecule has 1 aromatic heterocycles. The van der Waals surface area contributed by atoms with Gasteiger partial charge in [0, 0.05) is 41.3 Å². The average Bonchev–Trinajstić information content (AvgIpc) is 2.94. The van der Waals surface area contributed by atoms with Gasteiger partial charge in [-0.25, -0.2) is 8.42 Å². The van der Waals surface area contributed by atoms with E-state index in [1.807, 2.05) is 12.1 Å². The Bertz CT molecular complexity index is 834. The Morgan fingerprint density at radius 3 is 2.73 bits per heavy atom. The lowest BCUT2D eigenvalue weighted by atomic mass is 9.92. The molecule has 5 rings (SSSR count). The first-order chi connectivity index (χ1) is 10.4. The van der Waals surface area contributed by atoms with E-state index in [-0.39, 0.29) is 12.1 Å². The summed E-state index contributed by atoms with van der Waals surface area (Å²) in [6.07, 6.45) is 5.02. The topological polar surface area (TPSA) is 69.3 Å². The van der Waals surface area contributed by atoms with E-state index in [0.29, 0.717) is 18.1 Å². The van der Waals surface area contributed by atoms with Gasteiger partial charge in [-0.15, -0.1) is 0 Å². The van der Waals surface area contributed by atoms with Crippen LogP contribution in [0.15, 0.2) is 18.3 Å². The predicted molar refractivity (Wildman–Crippen MR) is 86.8 cm³/mol.